The lowest BCUT2D eigenvalue weighted by Crippen LogP contribution is -2.44. The summed E-state index contributed by atoms with van der Waals surface area (Å²) in [6.07, 6.45) is 0. The molecule has 0 unspecified atom stereocenters. The highest BCUT2D eigenvalue weighted by Gasteiger charge is 2.45. The summed E-state index contributed by atoms with van der Waals surface area (Å²) in [7, 11) is 1.61. The maximum absolute atomic E-state index is 12.2. The average Bonchev–Trinajstić information content (AvgIpc) is 2.71. The van der Waals surface area contributed by atoms with Crippen LogP contribution in [0.5, 0.6) is 5.75 Å². The molecule has 1 fully saturated rings. The molecule has 24 heavy (non-hydrogen) atoms. The largest absolute Gasteiger partial charge is 0.492 e. The van der Waals surface area contributed by atoms with Gasteiger partial charge in [-0.3, -0.25) is 14.5 Å². The lowest BCUT2D eigenvalue weighted by molar-refractivity contribution is -0.137. The van der Waals surface area contributed by atoms with Crippen LogP contribution in [0.1, 0.15) is 13.8 Å². The van der Waals surface area contributed by atoms with Crippen molar-refractivity contribution in [3.8, 4) is 5.75 Å². The highest BCUT2D eigenvalue weighted by Crippen LogP contribution is 2.17. The minimum Gasteiger partial charge on any atom is -0.492 e. The summed E-state index contributed by atoms with van der Waals surface area (Å²) in [5.41, 5.74) is -0.972. The zero-order valence-corrected chi connectivity index (χ0v) is 15.4. The van der Waals surface area contributed by atoms with Crippen LogP contribution in [0.15, 0.2) is 28.7 Å². The molecule has 7 nitrogen and oxygen atoms in total. The number of amides is 4. The van der Waals surface area contributed by atoms with Crippen molar-refractivity contribution in [2.75, 3.05) is 26.7 Å². The molecular weight excluding hydrogens is 378 g/mol. The van der Waals surface area contributed by atoms with Crippen molar-refractivity contribution in [1.82, 2.24) is 15.1 Å². The Morgan fingerprint density at radius 1 is 1.29 bits per heavy atom. The summed E-state index contributed by atoms with van der Waals surface area (Å²) < 4.78 is 6.51. The van der Waals surface area contributed by atoms with Crippen LogP contribution in [0.25, 0.3) is 0 Å². The molecule has 1 saturated heterocycles. The molecule has 0 radical (unpaired) electrons. The number of imide groups is 1. The SMILES string of the molecule is CN(CCOc1ccc(Br)cc1)C(=O)CN1C(=O)NC(C)(C)C1=O. The second kappa shape index (κ2) is 7.21. The number of hydrogen-bond acceptors (Lipinski definition) is 4. The second-order valence-electron chi connectivity index (χ2n) is 6.06. The van der Waals surface area contributed by atoms with Gasteiger partial charge in [0.05, 0.1) is 6.54 Å². The molecule has 0 aromatic heterocycles. The molecule has 1 aromatic rings. The van der Waals surface area contributed by atoms with Gasteiger partial charge in [-0.25, -0.2) is 4.79 Å². The maximum Gasteiger partial charge on any atom is 0.325 e. The number of nitrogens with one attached hydrogen (secondary N) is 1. The van der Waals surface area contributed by atoms with Gasteiger partial charge in [0.2, 0.25) is 5.91 Å². The van der Waals surface area contributed by atoms with Gasteiger partial charge in [-0.1, -0.05) is 15.9 Å². The first-order chi connectivity index (χ1) is 11.2. The molecule has 2 rings (SSSR count). The summed E-state index contributed by atoms with van der Waals surface area (Å²) in [4.78, 5) is 38.4. The molecule has 1 aliphatic rings. The molecule has 8 heteroatoms. The highest BCUT2D eigenvalue weighted by atomic mass is 79.9. The number of carbonyl (C=O) groups excluding carboxylic acids is 3. The summed E-state index contributed by atoms with van der Waals surface area (Å²) in [6, 6.07) is 6.83. The van der Waals surface area contributed by atoms with Crippen molar-refractivity contribution in [1.29, 1.82) is 0 Å². The lowest BCUT2D eigenvalue weighted by atomic mass is 10.1. The molecule has 1 N–H and O–H groups in total. The van der Waals surface area contributed by atoms with Gasteiger partial charge in [0.1, 0.15) is 24.4 Å². The van der Waals surface area contributed by atoms with E-state index in [0.29, 0.717) is 18.9 Å². The molecule has 4 amide bonds. The summed E-state index contributed by atoms with van der Waals surface area (Å²) in [6.45, 7) is 3.60. The van der Waals surface area contributed by atoms with Gasteiger partial charge in [-0.05, 0) is 38.1 Å². The number of nitrogens with zero attached hydrogens (tertiary/aromatic N) is 2. The van der Waals surface area contributed by atoms with Crippen molar-refractivity contribution in [2.45, 2.75) is 19.4 Å². The monoisotopic (exact) mass is 397 g/mol. The predicted octanol–water partition coefficient (Wildman–Crippen LogP) is 1.62. The normalized spacial score (nSPS) is 16.1. The zero-order valence-electron chi connectivity index (χ0n) is 13.8. The molecule has 0 atom stereocenters. The van der Waals surface area contributed by atoms with Crippen LogP contribution in [-0.4, -0.2) is 59.9 Å². The molecule has 1 heterocycles. The Labute approximate surface area is 149 Å². The lowest BCUT2D eigenvalue weighted by Gasteiger charge is -2.21. The number of likely N-dealkylation sites (N-methyl/N-ethyl adjacent to an activating group) is 1. The topological polar surface area (TPSA) is 79.0 Å². The fourth-order valence-corrected chi connectivity index (χ4v) is 2.44. The van der Waals surface area contributed by atoms with Gasteiger partial charge in [-0.2, -0.15) is 0 Å². The Hall–Kier alpha value is -2.09. The van der Waals surface area contributed by atoms with Crippen LogP contribution in [0.2, 0.25) is 0 Å². The van der Waals surface area contributed by atoms with Gasteiger partial charge in [0, 0.05) is 11.5 Å². The Balaban J connectivity index is 1.81. The third-order valence-corrected chi connectivity index (χ3v) is 4.20. The Morgan fingerprint density at radius 2 is 1.92 bits per heavy atom. The molecule has 1 aliphatic heterocycles. The van der Waals surface area contributed by atoms with Crippen molar-refractivity contribution >= 4 is 33.8 Å². The van der Waals surface area contributed by atoms with Crippen LogP contribution in [0.3, 0.4) is 0 Å². The van der Waals surface area contributed by atoms with E-state index in [2.05, 4.69) is 21.2 Å². The van der Waals surface area contributed by atoms with Crippen molar-refractivity contribution in [2.24, 2.45) is 0 Å². The average molecular weight is 398 g/mol. The van der Waals surface area contributed by atoms with Crippen molar-refractivity contribution in [3.05, 3.63) is 28.7 Å². The fourth-order valence-electron chi connectivity index (χ4n) is 2.17. The van der Waals surface area contributed by atoms with E-state index in [1.54, 1.807) is 20.9 Å². The molecular formula is C16H20BrN3O4. The van der Waals surface area contributed by atoms with Gasteiger partial charge >= 0.3 is 6.03 Å². The van der Waals surface area contributed by atoms with E-state index in [1.165, 1.54) is 4.90 Å². The zero-order chi connectivity index (χ0) is 17.9. The summed E-state index contributed by atoms with van der Waals surface area (Å²) >= 11 is 3.34. The Kier molecular flexibility index (Phi) is 5.48. The number of halogens is 1. The summed E-state index contributed by atoms with van der Waals surface area (Å²) in [5.74, 6) is -0.0223. The standard InChI is InChI=1S/C16H20BrN3O4/c1-16(2)14(22)20(15(23)18-16)10-13(21)19(3)8-9-24-12-6-4-11(17)5-7-12/h4-7H,8-10H2,1-3H3,(H,18,23). The first-order valence-corrected chi connectivity index (χ1v) is 8.26. The second-order valence-corrected chi connectivity index (χ2v) is 6.98. The first kappa shape index (κ1) is 18.3. The smallest absolute Gasteiger partial charge is 0.325 e. The van der Waals surface area contributed by atoms with Crippen LogP contribution < -0.4 is 10.1 Å². The molecule has 0 saturated carbocycles. The van der Waals surface area contributed by atoms with E-state index in [0.717, 1.165) is 9.37 Å². The number of benzene rings is 1. The van der Waals surface area contributed by atoms with E-state index in [-0.39, 0.29) is 12.5 Å². The van der Waals surface area contributed by atoms with Gasteiger partial charge in [-0.15, -0.1) is 0 Å². The van der Waals surface area contributed by atoms with Crippen molar-refractivity contribution in [3.63, 3.8) is 0 Å². The quantitative estimate of drug-likeness (QED) is 0.739. The molecule has 0 spiro atoms. The third-order valence-electron chi connectivity index (χ3n) is 3.67. The van der Waals surface area contributed by atoms with Crippen LogP contribution in [-0.2, 0) is 9.59 Å². The molecule has 0 aliphatic carbocycles. The first-order valence-electron chi connectivity index (χ1n) is 7.47. The number of urea groups is 1. The maximum atomic E-state index is 12.2. The van der Waals surface area contributed by atoms with Gasteiger partial charge < -0.3 is 15.0 Å². The van der Waals surface area contributed by atoms with E-state index >= 15 is 0 Å². The van der Waals surface area contributed by atoms with Crippen molar-refractivity contribution < 1.29 is 19.1 Å². The third kappa shape index (κ3) is 4.25. The highest BCUT2D eigenvalue weighted by molar-refractivity contribution is 9.10. The molecule has 1 aromatic carbocycles. The van der Waals surface area contributed by atoms with E-state index in [4.69, 9.17) is 4.74 Å². The molecule has 0 bridgehead atoms. The minimum absolute atomic E-state index is 0.275. The number of rotatable bonds is 6. The number of hydrogen-bond donors (Lipinski definition) is 1. The van der Waals surface area contributed by atoms with E-state index in [9.17, 15) is 14.4 Å². The Morgan fingerprint density at radius 3 is 2.46 bits per heavy atom. The number of ether oxygens (including phenoxy) is 1. The van der Waals surface area contributed by atoms with E-state index < -0.39 is 17.5 Å². The predicted molar refractivity (Wildman–Crippen MR) is 91.6 cm³/mol. The van der Waals surface area contributed by atoms with Crippen LogP contribution in [0, 0.1) is 0 Å². The van der Waals surface area contributed by atoms with Crippen LogP contribution in [0.4, 0.5) is 4.79 Å². The van der Waals surface area contributed by atoms with Gasteiger partial charge in [0.25, 0.3) is 5.91 Å². The number of carbonyl (C=O) groups is 3. The Bertz CT molecular complexity index is 645. The fraction of sp³-hybridized carbons (Fsp3) is 0.438. The van der Waals surface area contributed by atoms with Gasteiger partial charge in [0.15, 0.2) is 0 Å². The van der Waals surface area contributed by atoms with E-state index in [1.807, 2.05) is 24.3 Å². The summed E-state index contributed by atoms with van der Waals surface area (Å²) in [5, 5.41) is 2.54. The van der Waals surface area contributed by atoms with Crippen LogP contribution >= 0.6 is 15.9 Å². The molecule has 130 valence electrons. The minimum atomic E-state index is -0.972.